The minimum absolute atomic E-state index is 0.113. The van der Waals surface area contributed by atoms with Gasteiger partial charge in [0.05, 0.1) is 24.1 Å². The van der Waals surface area contributed by atoms with E-state index >= 15 is 0 Å². The third kappa shape index (κ3) is 2.24. The lowest BCUT2D eigenvalue weighted by molar-refractivity contribution is -0.154. The van der Waals surface area contributed by atoms with E-state index in [0.29, 0.717) is 11.9 Å². The van der Waals surface area contributed by atoms with Gasteiger partial charge in [0.1, 0.15) is 6.10 Å². The van der Waals surface area contributed by atoms with Crippen molar-refractivity contribution >= 4 is 11.8 Å². The van der Waals surface area contributed by atoms with Gasteiger partial charge in [0.15, 0.2) is 11.6 Å². The molecule has 4 atom stereocenters. The Hall–Kier alpha value is 0.190. The minimum Gasteiger partial charge on any atom is -0.348 e. The van der Waals surface area contributed by atoms with Gasteiger partial charge < -0.3 is 18.9 Å². The van der Waals surface area contributed by atoms with Crippen LogP contribution in [0.1, 0.15) is 27.7 Å². The predicted molar refractivity (Wildman–Crippen MR) is 65.0 cm³/mol. The smallest absolute Gasteiger partial charge is 0.163 e. The van der Waals surface area contributed by atoms with Crippen molar-refractivity contribution in [3.05, 3.63) is 0 Å². The van der Waals surface area contributed by atoms with Crippen molar-refractivity contribution in [3.8, 4) is 0 Å². The molecule has 4 nitrogen and oxygen atoms in total. The SMILES string of the molecule is CC1(C)O[C@@H]2[C@@H]([C@@H]3COC(C)(C)O3)SC[C@@H]2O1. The maximum atomic E-state index is 5.99. The van der Waals surface area contributed by atoms with Gasteiger partial charge in [-0.3, -0.25) is 0 Å². The zero-order valence-corrected chi connectivity index (χ0v) is 11.6. The van der Waals surface area contributed by atoms with Crippen LogP contribution in [0.5, 0.6) is 0 Å². The Morgan fingerprint density at radius 2 is 1.65 bits per heavy atom. The van der Waals surface area contributed by atoms with E-state index in [1.54, 1.807) is 0 Å². The van der Waals surface area contributed by atoms with Crippen molar-refractivity contribution in [1.29, 1.82) is 0 Å². The van der Waals surface area contributed by atoms with Gasteiger partial charge in [0.2, 0.25) is 0 Å². The fraction of sp³-hybridized carbons (Fsp3) is 1.00. The van der Waals surface area contributed by atoms with Crippen LogP contribution < -0.4 is 0 Å². The number of thioether (sulfide) groups is 1. The average Bonchev–Trinajstić information content (AvgIpc) is 2.77. The molecule has 98 valence electrons. The highest BCUT2D eigenvalue weighted by Crippen LogP contribution is 2.44. The highest BCUT2D eigenvalue weighted by atomic mass is 32.2. The van der Waals surface area contributed by atoms with Crippen LogP contribution in [0.3, 0.4) is 0 Å². The molecule has 5 heteroatoms. The fourth-order valence-electron chi connectivity index (χ4n) is 2.77. The third-order valence-corrected chi connectivity index (χ3v) is 4.87. The van der Waals surface area contributed by atoms with E-state index in [4.69, 9.17) is 18.9 Å². The summed E-state index contributed by atoms with van der Waals surface area (Å²) >= 11 is 1.88. The molecule has 3 heterocycles. The van der Waals surface area contributed by atoms with Crippen molar-refractivity contribution in [3.63, 3.8) is 0 Å². The number of hydrogen-bond acceptors (Lipinski definition) is 5. The Morgan fingerprint density at radius 1 is 0.941 bits per heavy atom. The summed E-state index contributed by atoms with van der Waals surface area (Å²) in [5, 5.41) is 0.323. The van der Waals surface area contributed by atoms with E-state index in [9.17, 15) is 0 Å². The quantitative estimate of drug-likeness (QED) is 0.718. The third-order valence-electron chi connectivity index (χ3n) is 3.40. The van der Waals surface area contributed by atoms with Gasteiger partial charge in [0, 0.05) is 5.75 Å². The fourth-order valence-corrected chi connectivity index (χ4v) is 4.21. The molecule has 0 amide bonds. The molecule has 3 aliphatic rings. The molecule has 0 radical (unpaired) electrons. The van der Waals surface area contributed by atoms with E-state index in [1.807, 2.05) is 39.5 Å². The molecule has 0 spiro atoms. The van der Waals surface area contributed by atoms with Gasteiger partial charge in [-0.2, -0.15) is 11.8 Å². The maximum absolute atomic E-state index is 5.99. The lowest BCUT2D eigenvalue weighted by atomic mass is 10.1. The Bertz CT molecular complexity index is 318. The summed E-state index contributed by atoms with van der Waals surface area (Å²) in [4.78, 5) is 0. The molecule has 0 unspecified atom stereocenters. The summed E-state index contributed by atoms with van der Waals surface area (Å²) in [5.74, 6) is 0.0703. The molecule has 0 aliphatic carbocycles. The molecule has 3 rings (SSSR count). The second-order valence-electron chi connectivity index (χ2n) is 5.80. The van der Waals surface area contributed by atoms with Gasteiger partial charge in [-0.1, -0.05) is 0 Å². The van der Waals surface area contributed by atoms with Crippen LogP contribution in [0, 0.1) is 0 Å². The Kier molecular flexibility index (Phi) is 2.76. The summed E-state index contributed by atoms with van der Waals surface area (Å²) in [6, 6.07) is 0. The van der Waals surface area contributed by atoms with Crippen LogP contribution in [0.25, 0.3) is 0 Å². The Morgan fingerprint density at radius 3 is 2.29 bits per heavy atom. The number of fused-ring (bicyclic) bond motifs is 1. The first kappa shape index (κ1) is 12.2. The summed E-state index contributed by atoms with van der Waals surface area (Å²) in [6.07, 6.45) is 0.451. The molecule has 0 N–H and O–H groups in total. The first-order chi connectivity index (χ1) is 7.86. The minimum atomic E-state index is -0.460. The molecule has 17 heavy (non-hydrogen) atoms. The second kappa shape index (κ2) is 3.84. The first-order valence-corrected chi connectivity index (χ1v) is 7.20. The van der Waals surface area contributed by atoms with Crippen molar-refractivity contribution < 1.29 is 18.9 Å². The normalized spacial score (nSPS) is 47.3. The van der Waals surface area contributed by atoms with Crippen LogP contribution >= 0.6 is 11.8 Å². The van der Waals surface area contributed by atoms with Crippen molar-refractivity contribution in [2.24, 2.45) is 0 Å². The first-order valence-electron chi connectivity index (χ1n) is 6.15. The molecule has 0 bridgehead atoms. The van der Waals surface area contributed by atoms with Crippen LogP contribution in [0.4, 0.5) is 0 Å². The van der Waals surface area contributed by atoms with Gasteiger partial charge in [-0.05, 0) is 27.7 Å². The number of hydrogen-bond donors (Lipinski definition) is 0. The van der Waals surface area contributed by atoms with Crippen LogP contribution in [0.15, 0.2) is 0 Å². The van der Waals surface area contributed by atoms with Gasteiger partial charge in [-0.15, -0.1) is 0 Å². The molecule has 3 saturated heterocycles. The second-order valence-corrected chi connectivity index (χ2v) is 7.01. The highest BCUT2D eigenvalue weighted by Gasteiger charge is 2.54. The maximum Gasteiger partial charge on any atom is 0.163 e. The molecule has 0 saturated carbocycles. The van der Waals surface area contributed by atoms with E-state index in [1.165, 1.54) is 0 Å². The standard InChI is InChI=1S/C12H20O4S/c1-11(2)13-5-7(14-11)10-9-8(6-17-10)15-12(3,4)16-9/h7-10H,5-6H2,1-4H3/t7-,8-,9-,10+/m0/s1. The van der Waals surface area contributed by atoms with E-state index in [2.05, 4.69) is 0 Å². The molecule has 0 aromatic rings. The van der Waals surface area contributed by atoms with E-state index < -0.39 is 11.6 Å². The highest BCUT2D eigenvalue weighted by molar-refractivity contribution is 8.00. The van der Waals surface area contributed by atoms with E-state index in [0.717, 1.165) is 5.75 Å². The Labute approximate surface area is 106 Å². The van der Waals surface area contributed by atoms with Crippen LogP contribution in [0.2, 0.25) is 0 Å². The topological polar surface area (TPSA) is 36.9 Å². The van der Waals surface area contributed by atoms with Gasteiger partial charge in [0.25, 0.3) is 0 Å². The molecule has 3 aliphatic heterocycles. The van der Waals surface area contributed by atoms with Crippen molar-refractivity contribution in [1.82, 2.24) is 0 Å². The molecule has 3 fully saturated rings. The number of ether oxygens (including phenoxy) is 4. The zero-order chi connectivity index (χ0) is 12.3. The van der Waals surface area contributed by atoms with Gasteiger partial charge in [-0.25, -0.2) is 0 Å². The van der Waals surface area contributed by atoms with Crippen molar-refractivity contribution in [2.45, 2.75) is 62.8 Å². The number of rotatable bonds is 1. The molecular weight excluding hydrogens is 240 g/mol. The van der Waals surface area contributed by atoms with Crippen LogP contribution in [-0.2, 0) is 18.9 Å². The predicted octanol–water partition coefficient (Wildman–Crippen LogP) is 1.77. The van der Waals surface area contributed by atoms with Gasteiger partial charge >= 0.3 is 0 Å². The van der Waals surface area contributed by atoms with E-state index in [-0.39, 0.29) is 18.3 Å². The lowest BCUT2D eigenvalue weighted by Gasteiger charge is -2.25. The lowest BCUT2D eigenvalue weighted by Crippen LogP contribution is -2.38. The van der Waals surface area contributed by atoms with Crippen molar-refractivity contribution in [2.75, 3.05) is 12.4 Å². The molecule has 0 aromatic heterocycles. The summed E-state index contributed by atoms with van der Waals surface area (Å²) in [7, 11) is 0. The molecule has 0 aromatic carbocycles. The molecular formula is C12H20O4S. The zero-order valence-electron chi connectivity index (χ0n) is 10.8. The Balaban J connectivity index is 1.70. The monoisotopic (exact) mass is 260 g/mol. The largest absolute Gasteiger partial charge is 0.348 e. The van der Waals surface area contributed by atoms with Crippen LogP contribution in [-0.4, -0.2) is 47.5 Å². The average molecular weight is 260 g/mol. The summed E-state index contributed by atoms with van der Waals surface area (Å²) in [5.41, 5.74) is 0. The summed E-state index contributed by atoms with van der Waals surface area (Å²) < 4.78 is 23.4. The summed E-state index contributed by atoms with van der Waals surface area (Å²) in [6.45, 7) is 8.52.